The van der Waals surface area contributed by atoms with Crippen LogP contribution in [-0.2, 0) is 26.9 Å². The molecular formula is C70H153N13O. The molecule has 8 rings (SSSR count). The molecule has 0 aromatic carbocycles. The Hall–Kier alpha value is -3.40. The summed E-state index contributed by atoms with van der Waals surface area (Å²) in [5.74, 6) is 0. The molecule has 0 amide bonds. The predicted octanol–water partition coefficient (Wildman–Crippen LogP) is 18.0. The second kappa shape index (κ2) is 44.9. The van der Waals surface area contributed by atoms with E-state index in [2.05, 4.69) is 233 Å². The van der Waals surface area contributed by atoms with Gasteiger partial charge in [0.15, 0.2) is 0 Å². The summed E-state index contributed by atoms with van der Waals surface area (Å²) < 4.78 is 13.3. The Bertz CT molecular complexity index is 1720. The van der Waals surface area contributed by atoms with E-state index in [9.17, 15) is 0 Å². The summed E-state index contributed by atoms with van der Waals surface area (Å²) >= 11 is 0. The molecule has 4 saturated heterocycles. The summed E-state index contributed by atoms with van der Waals surface area (Å²) in [6.45, 7) is 66.9. The van der Waals surface area contributed by atoms with Gasteiger partial charge in [-0.1, -0.05) is 72.3 Å². The monoisotopic (exact) mass is 1190 g/mol. The zero-order chi connectivity index (χ0) is 58.1. The first-order valence-corrected chi connectivity index (χ1v) is 29.1. The molecule has 84 heavy (non-hydrogen) atoms. The average molecular weight is 1190 g/mol. The summed E-state index contributed by atoms with van der Waals surface area (Å²) in [5.41, 5.74) is 2.10. The maximum Gasteiger partial charge on any atom is 0.137 e. The molecule has 0 atom stereocenters. The summed E-state index contributed by atoms with van der Waals surface area (Å²) in [4.78, 5) is 17.9. The molecule has 0 saturated carbocycles. The third kappa shape index (κ3) is 43.3. The standard InChI is InChI=1S/C10H21N.C8H18N2.C8H17NO.C8H17N.C8H13N.2C7H12N2.C6H11N3.8CH4/c1-10(2,3)11-8-6-4-5-7-9-11;1-8(2,3)10-6-4-9-5-7-10;1-8(2,3)9-4-6-10-7-5-9;2*1-8(2,3)9-6-4-5-7-9;1-7(2,3)9-5-4-8-6-9;1-7(2,3)9-6-4-5-8-9;1-6(2,3)9-5-7-4-8-9;;;;;;;;/h4-9H2,1-3H3;9H,4-7H2,1-3H3;4-7H2,1-3H3;4-7H2,1-3H3;4-7H,1-3H3;2*4-6H,1-3H3;4-5H,1-3H3;8*1H4. The molecule has 0 bridgehead atoms. The first-order valence-electron chi connectivity index (χ1n) is 29.1. The highest BCUT2D eigenvalue weighted by Crippen LogP contribution is 2.21. The molecule has 504 valence electrons. The van der Waals surface area contributed by atoms with E-state index < -0.39 is 0 Å². The summed E-state index contributed by atoms with van der Waals surface area (Å²) in [5, 5.41) is 11.4. The first kappa shape index (κ1) is 96.9. The lowest BCUT2D eigenvalue weighted by Gasteiger charge is -2.38. The van der Waals surface area contributed by atoms with Gasteiger partial charge < -0.3 is 19.2 Å². The smallest absolute Gasteiger partial charge is 0.137 e. The largest absolute Gasteiger partial charge is 0.379 e. The molecule has 4 aromatic rings. The molecule has 14 nitrogen and oxygen atoms in total. The van der Waals surface area contributed by atoms with Gasteiger partial charge in [0.25, 0.3) is 0 Å². The van der Waals surface area contributed by atoms with Crippen LogP contribution >= 0.6 is 0 Å². The fraction of sp³-hybridized carbons (Fsp3) is 0.829. The highest BCUT2D eigenvalue weighted by molar-refractivity contribution is 4.95. The van der Waals surface area contributed by atoms with E-state index in [0.29, 0.717) is 22.2 Å². The molecule has 4 aliphatic heterocycles. The number of likely N-dealkylation sites (tertiary alicyclic amines) is 2. The van der Waals surface area contributed by atoms with E-state index in [-0.39, 0.29) is 81.6 Å². The van der Waals surface area contributed by atoms with Crippen LogP contribution in [0.1, 0.15) is 264 Å². The Kier molecular flexibility index (Phi) is 51.8. The van der Waals surface area contributed by atoms with Crippen molar-refractivity contribution in [3.05, 3.63) is 74.4 Å². The molecule has 0 spiro atoms. The normalized spacial score (nSPS) is 16.1. The van der Waals surface area contributed by atoms with Crippen molar-refractivity contribution in [1.29, 1.82) is 0 Å². The number of hydrogen-bond acceptors (Lipinski definition) is 10. The van der Waals surface area contributed by atoms with E-state index in [0.717, 1.165) is 39.4 Å². The number of morpholine rings is 1. The van der Waals surface area contributed by atoms with E-state index in [1.54, 1.807) is 25.0 Å². The topological polar surface area (TPSA) is 106 Å². The third-order valence-corrected chi connectivity index (χ3v) is 13.6. The molecule has 14 heteroatoms. The highest BCUT2D eigenvalue weighted by Gasteiger charge is 2.25. The fourth-order valence-corrected chi connectivity index (χ4v) is 8.36. The molecule has 8 heterocycles. The predicted molar refractivity (Wildman–Crippen MR) is 379 cm³/mol. The van der Waals surface area contributed by atoms with Crippen molar-refractivity contribution < 1.29 is 4.74 Å². The van der Waals surface area contributed by atoms with Crippen LogP contribution in [0.3, 0.4) is 0 Å². The maximum atomic E-state index is 5.25. The van der Waals surface area contributed by atoms with Crippen LogP contribution in [0.2, 0.25) is 0 Å². The van der Waals surface area contributed by atoms with Gasteiger partial charge in [-0.05, 0) is 236 Å². The Morgan fingerprint density at radius 2 is 0.690 bits per heavy atom. The quantitative estimate of drug-likeness (QED) is 0.183. The van der Waals surface area contributed by atoms with Crippen molar-refractivity contribution in [1.82, 2.24) is 63.6 Å². The summed E-state index contributed by atoms with van der Waals surface area (Å²) in [6, 6.07) is 6.03. The number of rotatable bonds is 0. The third-order valence-electron chi connectivity index (χ3n) is 13.6. The van der Waals surface area contributed by atoms with E-state index in [1.807, 2.05) is 46.3 Å². The van der Waals surface area contributed by atoms with E-state index >= 15 is 0 Å². The number of nitrogens with zero attached hydrogens (tertiary/aromatic N) is 12. The van der Waals surface area contributed by atoms with Crippen molar-refractivity contribution in [3.63, 3.8) is 0 Å². The van der Waals surface area contributed by atoms with Gasteiger partial charge in [0, 0.05) is 110 Å². The molecule has 4 aromatic heterocycles. The van der Waals surface area contributed by atoms with Crippen LogP contribution in [0.4, 0.5) is 0 Å². The van der Waals surface area contributed by atoms with Gasteiger partial charge in [0.05, 0.1) is 30.6 Å². The van der Waals surface area contributed by atoms with Crippen LogP contribution in [0.15, 0.2) is 74.4 Å². The van der Waals surface area contributed by atoms with Crippen molar-refractivity contribution in [2.75, 3.05) is 78.7 Å². The minimum absolute atomic E-state index is 0. The van der Waals surface area contributed by atoms with Gasteiger partial charge in [-0.15, -0.1) is 0 Å². The van der Waals surface area contributed by atoms with Crippen LogP contribution in [0.5, 0.6) is 0 Å². The molecular weight excluding hydrogens is 1040 g/mol. The lowest BCUT2D eigenvalue weighted by molar-refractivity contribution is -0.00389. The van der Waals surface area contributed by atoms with Crippen LogP contribution in [0, 0.1) is 0 Å². The zero-order valence-electron chi connectivity index (χ0n) is 53.9. The zero-order valence-corrected chi connectivity index (χ0v) is 53.9. The molecule has 4 fully saturated rings. The van der Waals surface area contributed by atoms with Gasteiger partial charge in [0.1, 0.15) is 12.7 Å². The van der Waals surface area contributed by atoms with Crippen LogP contribution < -0.4 is 5.32 Å². The molecule has 0 radical (unpaired) electrons. The first-order chi connectivity index (χ1) is 34.8. The lowest BCUT2D eigenvalue weighted by Crippen LogP contribution is -2.51. The Morgan fingerprint density at radius 1 is 0.321 bits per heavy atom. The van der Waals surface area contributed by atoms with Crippen LogP contribution in [-0.4, -0.2) is 159 Å². The number of ether oxygens (including phenoxy) is 1. The lowest BCUT2D eigenvalue weighted by atomic mass is 10.1. The number of aromatic nitrogens is 8. The minimum Gasteiger partial charge on any atom is -0.379 e. The molecule has 1 N–H and O–H groups in total. The SMILES string of the molecule is C.C.C.C.C.C.C.C.CC(C)(C)N1CCCC1.CC(C)(C)N1CCCCCC1.CC(C)(C)N1CCNCC1.CC(C)(C)N1CCOCC1.CC(C)(C)n1cccc1.CC(C)(C)n1cccn1.CC(C)(C)n1ccnc1.CC(C)(C)n1cncn1. The fourth-order valence-electron chi connectivity index (χ4n) is 8.36. The van der Waals surface area contributed by atoms with E-state index in [1.165, 1.54) is 77.8 Å². The second-order valence-corrected chi connectivity index (χ2v) is 28.6. The second-order valence-electron chi connectivity index (χ2n) is 28.6. The van der Waals surface area contributed by atoms with Crippen molar-refractivity contribution in [2.24, 2.45) is 0 Å². The summed E-state index contributed by atoms with van der Waals surface area (Å²) in [6.07, 6.45) is 25.3. The van der Waals surface area contributed by atoms with Gasteiger partial charge in [0.2, 0.25) is 0 Å². The number of imidazole rings is 1. The van der Waals surface area contributed by atoms with Crippen LogP contribution in [0.25, 0.3) is 0 Å². The Morgan fingerprint density at radius 3 is 0.917 bits per heavy atom. The van der Waals surface area contributed by atoms with Gasteiger partial charge in [-0.2, -0.15) is 10.2 Å². The average Bonchev–Trinajstić information content (AvgIpc) is 4.16. The van der Waals surface area contributed by atoms with E-state index in [4.69, 9.17) is 4.74 Å². The maximum absolute atomic E-state index is 5.25. The summed E-state index contributed by atoms with van der Waals surface area (Å²) in [7, 11) is 0. The Balaban J connectivity index is -0.000000129. The number of piperazine rings is 1. The van der Waals surface area contributed by atoms with Crippen molar-refractivity contribution in [2.45, 2.75) is 308 Å². The van der Waals surface area contributed by atoms with Gasteiger partial charge in [-0.25, -0.2) is 14.6 Å². The Labute approximate surface area is 527 Å². The van der Waals surface area contributed by atoms with Crippen molar-refractivity contribution >= 4 is 0 Å². The van der Waals surface area contributed by atoms with Gasteiger partial charge in [-0.3, -0.25) is 24.3 Å². The minimum atomic E-state index is 0. The number of hydrogen-bond donors (Lipinski definition) is 1. The highest BCUT2D eigenvalue weighted by atomic mass is 16.5. The van der Waals surface area contributed by atoms with Crippen molar-refractivity contribution in [3.8, 4) is 0 Å². The van der Waals surface area contributed by atoms with Gasteiger partial charge >= 0.3 is 0 Å². The molecule has 0 aliphatic carbocycles. The molecule has 4 aliphatic rings. The number of nitrogens with one attached hydrogen (secondary N) is 1. The molecule has 0 unspecified atom stereocenters.